The maximum Gasteiger partial charge on any atom is 3.00 e. The first kappa shape index (κ1) is 54.6. The number of hydrogen-bond donors (Lipinski definition) is 2. The summed E-state index contributed by atoms with van der Waals surface area (Å²) in [7, 11) is 0. The van der Waals surface area contributed by atoms with Gasteiger partial charge in [-0.05, 0) is 0 Å². The fourth-order valence-electron chi connectivity index (χ4n) is 0. The maximum absolute atomic E-state index is 6.00. The number of halogens is 3. The summed E-state index contributed by atoms with van der Waals surface area (Å²) in [6.45, 7) is 0. The molecule has 0 bridgehead atoms. The van der Waals surface area contributed by atoms with Crippen LogP contribution in [0.4, 0.5) is 0 Å². The monoisotopic (exact) mass is 195 g/mol. The van der Waals surface area contributed by atoms with Gasteiger partial charge in [-0.3, -0.25) is 10.5 Å². The van der Waals surface area contributed by atoms with Gasteiger partial charge < -0.3 is 37.2 Å². The predicted molar refractivity (Wildman–Crippen MR) is 5.26 cm³/mol. The van der Waals surface area contributed by atoms with Crippen LogP contribution in [0.2, 0.25) is 0 Å². The third-order valence-corrected chi connectivity index (χ3v) is 0. The molecule has 0 amide bonds. The topological polar surface area (TPSA) is 40.5 Å². The average molecular weight is 196 g/mol. The zero-order chi connectivity index (χ0) is 2.00. The van der Waals surface area contributed by atoms with E-state index in [4.69, 9.17) is 10.5 Å². The van der Waals surface area contributed by atoms with E-state index in [2.05, 4.69) is 0 Å². The first-order chi connectivity index (χ1) is 1.00. The molecule has 0 spiro atoms. The molecule has 0 saturated heterocycles. The summed E-state index contributed by atoms with van der Waals surface area (Å²) < 4.78 is 0. The van der Waals surface area contributed by atoms with Crippen molar-refractivity contribution in [3.63, 3.8) is 0 Å². The van der Waals surface area contributed by atoms with Gasteiger partial charge in [0.15, 0.2) is 0 Å². The van der Waals surface area contributed by atoms with Crippen LogP contribution in [0.15, 0.2) is 0 Å². The molecule has 0 aliphatic heterocycles. The van der Waals surface area contributed by atoms with Gasteiger partial charge in [-0.15, -0.1) is 0 Å². The van der Waals surface area contributed by atoms with Crippen LogP contribution in [-0.4, -0.2) is 10.5 Å². The molecule has 0 unspecified atom stereocenters. The van der Waals surface area contributed by atoms with Crippen molar-refractivity contribution in [1.82, 2.24) is 0 Å². The van der Waals surface area contributed by atoms with Crippen molar-refractivity contribution in [3.8, 4) is 0 Å². The van der Waals surface area contributed by atoms with Crippen molar-refractivity contribution in [3.05, 3.63) is 0 Å². The molecule has 0 heterocycles. The minimum absolute atomic E-state index is 0. The zero-order valence-corrected chi connectivity index (χ0v) is 5.75. The molecular weight excluding hydrogens is 194 g/mol. The van der Waals surface area contributed by atoms with Crippen molar-refractivity contribution in [2.24, 2.45) is 0 Å². The fourth-order valence-corrected chi connectivity index (χ4v) is 0. The van der Waals surface area contributed by atoms with E-state index in [1.54, 1.807) is 0 Å². The quantitative estimate of drug-likeness (QED) is 0.229. The second-order valence-corrected chi connectivity index (χ2v) is 0. The van der Waals surface area contributed by atoms with E-state index in [0.717, 1.165) is 0 Å². The third kappa shape index (κ3) is 57.5. The van der Waals surface area contributed by atoms with Crippen LogP contribution >= 0.6 is 0 Å². The molecule has 0 atom stereocenters. The normalized spacial score (nSPS) is 1.00. The van der Waals surface area contributed by atoms with Gasteiger partial charge in [0.25, 0.3) is 0 Å². The minimum Gasteiger partial charge on any atom is -1.00 e. The Morgan fingerprint density at radius 2 is 0.667 bits per heavy atom. The minimum atomic E-state index is 0. The van der Waals surface area contributed by atoms with E-state index in [0.29, 0.717) is 0 Å². The van der Waals surface area contributed by atoms with Crippen molar-refractivity contribution in [1.29, 1.82) is 0 Å². The summed E-state index contributed by atoms with van der Waals surface area (Å²) in [5, 5.41) is 12.0. The summed E-state index contributed by atoms with van der Waals surface area (Å²) in [4.78, 5) is 0. The molecule has 0 rings (SSSR count). The molecule has 0 aliphatic rings. The van der Waals surface area contributed by atoms with E-state index in [1.807, 2.05) is 0 Å². The Kier molecular flexibility index (Phi) is 943. The predicted octanol–water partition coefficient (Wildman–Crippen LogP) is -8.97. The molecule has 0 aromatic rings. The Morgan fingerprint density at radius 3 is 0.667 bits per heavy atom. The zero-order valence-electron chi connectivity index (χ0n) is 2.38. The largest absolute Gasteiger partial charge is 3.00 e. The number of hydrogen-bond acceptors (Lipinski definition) is 2. The summed E-state index contributed by atoms with van der Waals surface area (Å²) in [5.41, 5.74) is 0. The molecule has 0 aromatic carbocycles. The first-order valence-electron chi connectivity index (χ1n) is 0.200. The van der Waals surface area contributed by atoms with Gasteiger partial charge in [-0.25, -0.2) is 0 Å². The van der Waals surface area contributed by atoms with Gasteiger partial charge in [0.05, 0.1) is 0 Å². The van der Waals surface area contributed by atoms with E-state index in [1.165, 1.54) is 0 Å². The van der Waals surface area contributed by atoms with E-state index >= 15 is 0 Å². The van der Waals surface area contributed by atoms with Crippen molar-refractivity contribution < 1.29 is 64.8 Å². The Morgan fingerprint density at radius 1 is 0.667 bits per heavy atom. The van der Waals surface area contributed by atoms with Crippen molar-refractivity contribution >= 4 is 0 Å². The van der Waals surface area contributed by atoms with Crippen LogP contribution in [0.1, 0.15) is 0 Å². The van der Waals surface area contributed by atoms with Gasteiger partial charge >= 0.3 is 17.1 Å². The average Bonchev–Trinajstić information content (AvgIpc) is 1.00. The van der Waals surface area contributed by atoms with Crippen LogP contribution in [0.25, 0.3) is 0 Å². The molecule has 0 aliphatic carbocycles. The Balaban J connectivity index is -0.000000000833. The molecule has 43 valence electrons. The molecule has 0 aromatic heterocycles. The van der Waals surface area contributed by atoms with Crippen molar-refractivity contribution in [2.45, 2.75) is 0 Å². The Hall–Kier alpha value is 1.31. The number of rotatable bonds is 0. The van der Waals surface area contributed by atoms with Crippen LogP contribution in [-0.2, 0) is 17.1 Å². The van der Waals surface area contributed by atoms with Crippen LogP contribution in [0.3, 0.4) is 0 Å². The van der Waals surface area contributed by atoms with Gasteiger partial charge in [0.2, 0.25) is 0 Å². The molecule has 0 saturated carbocycles. The molecule has 1 radical (unpaired) electrons. The molecular formula is H2Cl3FeO2. The summed E-state index contributed by atoms with van der Waals surface area (Å²) >= 11 is 0. The van der Waals surface area contributed by atoms with Crippen LogP contribution in [0, 0.1) is 0 Å². The van der Waals surface area contributed by atoms with Crippen molar-refractivity contribution in [2.75, 3.05) is 0 Å². The molecule has 2 nitrogen and oxygen atoms in total. The van der Waals surface area contributed by atoms with E-state index < -0.39 is 0 Å². The summed E-state index contributed by atoms with van der Waals surface area (Å²) in [6.07, 6.45) is 0. The van der Waals surface area contributed by atoms with Gasteiger partial charge in [0.1, 0.15) is 0 Å². The Labute approximate surface area is 64.9 Å². The Bertz CT molecular complexity index is 8.75. The summed E-state index contributed by atoms with van der Waals surface area (Å²) in [5.74, 6) is 0. The standard InChI is InChI=1S/3ClH.Fe.H2O2/c;;;;1-2/h3*1H;;1-2H/q;;;+3;/p-3. The van der Waals surface area contributed by atoms with Gasteiger partial charge in [0, 0.05) is 0 Å². The summed E-state index contributed by atoms with van der Waals surface area (Å²) in [6, 6.07) is 0. The molecule has 2 N–H and O–H groups in total. The smallest absolute Gasteiger partial charge is 1.00 e. The van der Waals surface area contributed by atoms with E-state index in [9.17, 15) is 0 Å². The second kappa shape index (κ2) is 104. The maximum atomic E-state index is 6.00. The first-order valence-corrected chi connectivity index (χ1v) is 0.200. The van der Waals surface area contributed by atoms with E-state index in [-0.39, 0.29) is 54.3 Å². The van der Waals surface area contributed by atoms with Crippen LogP contribution in [0.5, 0.6) is 0 Å². The van der Waals surface area contributed by atoms with Gasteiger partial charge in [-0.1, -0.05) is 0 Å². The molecule has 6 heteroatoms. The van der Waals surface area contributed by atoms with Gasteiger partial charge in [-0.2, -0.15) is 0 Å². The second-order valence-electron chi connectivity index (χ2n) is 0. The van der Waals surface area contributed by atoms with Crippen LogP contribution < -0.4 is 37.2 Å². The third-order valence-electron chi connectivity index (χ3n) is 0. The molecule has 0 fully saturated rings. The fraction of sp³-hybridized carbons (Fsp3) is 0. The molecule has 6 heavy (non-hydrogen) atoms. The SMILES string of the molecule is OO.[Cl-].[Cl-].[Cl-].[Fe+3].